The van der Waals surface area contributed by atoms with Crippen molar-refractivity contribution in [1.82, 2.24) is 24.5 Å². The molecule has 41 heavy (non-hydrogen) atoms. The number of fused-ring (bicyclic) bond motifs is 1. The average Bonchev–Trinajstić information content (AvgIpc) is 3.38. The number of pyridine rings is 1. The molecule has 1 fully saturated rings. The average molecular weight is 577 g/mol. The van der Waals surface area contributed by atoms with E-state index in [1.807, 2.05) is 28.8 Å². The summed E-state index contributed by atoms with van der Waals surface area (Å²) < 4.78 is 36.5. The first-order valence-electron chi connectivity index (χ1n) is 13.0. The molecule has 0 aliphatic carbocycles. The summed E-state index contributed by atoms with van der Waals surface area (Å²) in [5.74, 6) is -1.13. The van der Waals surface area contributed by atoms with Crippen LogP contribution in [0, 0.1) is 11.6 Å². The van der Waals surface area contributed by atoms with E-state index in [4.69, 9.17) is 27.8 Å². The van der Waals surface area contributed by atoms with E-state index in [0.717, 1.165) is 48.5 Å². The van der Waals surface area contributed by atoms with E-state index in [1.54, 1.807) is 18.5 Å². The Labute approximate surface area is 239 Å². The molecule has 1 saturated heterocycles. The molecule has 12 heteroatoms. The van der Waals surface area contributed by atoms with Crippen LogP contribution >= 0.6 is 11.6 Å². The lowest BCUT2D eigenvalue weighted by molar-refractivity contribution is 0.345. The molecule has 0 radical (unpaired) electrons. The summed E-state index contributed by atoms with van der Waals surface area (Å²) in [4.78, 5) is 19.5. The Morgan fingerprint density at radius 2 is 1.93 bits per heavy atom. The van der Waals surface area contributed by atoms with Crippen molar-refractivity contribution in [1.29, 1.82) is 0 Å². The molecular weight excluding hydrogens is 550 g/mol. The van der Waals surface area contributed by atoms with Crippen LogP contribution in [0.1, 0.15) is 24.1 Å². The summed E-state index contributed by atoms with van der Waals surface area (Å²) in [6.07, 6.45) is 4.58. The van der Waals surface area contributed by atoms with Crippen molar-refractivity contribution in [3.63, 3.8) is 0 Å². The van der Waals surface area contributed by atoms with Crippen LogP contribution in [0.4, 0.5) is 20.3 Å². The largest absolute Gasteiger partial charge is 0.494 e. The predicted octanol–water partition coefficient (Wildman–Crippen LogP) is 4.91. The van der Waals surface area contributed by atoms with Crippen LogP contribution in [0.2, 0.25) is 5.15 Å². The van der Waals surface area contributed by atoms with E-state index in [0.29, 0.717) is 35.0 Å². The van der Waals surface area contributed by atoms with Gasteiger partial charge in [-0.25, -0.2) is 28.7 Å². The third-order valence-electron chi connectivity index (χ3n) is 7.49. The topological polar surface area (TPSA) is 121 Å². The molecule has 2 aromatic carbocycles. The van der Waals surface area contributed by atoms with Gasteiger partial charge in [-0.05, 0) is 54.3 Å². The van der Waals surface area contributed by atoms with E-state index in [9.17, 15) is 4.39 Å². The molecule has 4 heterocycles. The molecule has 0 amide bonds. The Kier molecular flexibility index (Phi) is 6.92. The Bertz CT molecular complexity index is 1760. The Hall–Kier alpha value is -4.35. The lowest BCUT2D eigenvalue weighted by Crippen LogP contribution is -2.52. The maximum absolute atomic E-state index is 15.1. The number of methoxy groups -OCH3 is 1. The fraction of sp³-hybridized carbons (Fsp3) is 0.241. The van der Waals surface area contributed by atoms with E-state index in [2.05, 4.69) is 24.8 Å². The molecule has 0 saturated carbocycles. The second-order valence-electron chi connectivity index (χ2n) is 10.1. The number of nitrogens with two attached hydrogens (primary N) is 2. The fourth-order valence-corrected chi connectivity index (χ4v) is 5.64. The van der Waals surface area contributed by atoms with Crippen molar-refractivity contribution in [2.45, 2.75) is 24.9 Å². The van der Waals surface area contributed by atoms with Gasteiger partial charge in [0.05, 0.1) is 31.2 Å². The van der Waals surface area contributed by atoms with Gasteiger partial charge in [0.1, 0.15) is 22.8 Å². The monoisotopic (exact) mass is 576 g/mol. The van der Waals surface area contributed by atoms with Gasteiger partial charge in [-0.3, -0.25) is 0 Å². The minimum atomic E-state index is -0.728. The van der Waals surface area contributed by atoms with Crippen molar-refractivity contribution in [2.24, 2.45) is 5.73 Å². The Balaban J connectivity index is 1.44. The molecule has 6 rings (SSSR count). The number of anilines is 2. The highest BCUT2D eigenvalue weighted by Gasteiger charge is 2.35. The number of imidazole rings is 1. The van der Waals surface area contributed by atoms with Gasteiger partial charge in [0.15, 0.2) is 23.0 Å². The van der Waals surface area contributed by atoms with Crippen molar-refractivity contribution >= 4 is 34.3 Å². The first kappa shape index (κ1) is 26.9. The third-order valence-corrected chi connectivity index (χ3v) is 7.70. The molecule has 9 nitrogen and oxygen atoms in total. The number of piperidine rings is 1. The Morgan fingerprint density at radius 3 is 2.73 bits per heavy atom. The number of nitrogen functional groups attached to an aromatic ring is 1. The summed E-state index contributed by atoms with van der Waals surface area (Å²) in [5, 5.41) is 0.386. The van der Waals surface area contributed by atoms with Crippen LogP contribution in [0.5, 0.6) is 5.75 Å². The second-order valence-corrected chi connectivity index (χ2v) is 10.5. The van der Waals surface area contributed by atoms with Crippen LogP contribution in [-0.4, -0.2) is 44.7 Å². The SMILES string of the molecule is COc1cc(F)c(-c2ccc(N3CCC[C@](N)(c4cccc(Cl)n4)C3)c(Cn3cnc4c(N)ncnc43)c2)cc1F. The molecule has 1 aliphatic heterocycles. The van der Waals surface area contributed by atoms with Gasteiger partial charge in [0, 0.05) is 30.4 Å². The number of hydrogen-bond donors (Lipinski definition) is 2. The van der Waals surface area contributed by atoms with Gasteiger partial charge < -0.3 is 25.7 Å². The molecule has 0 unspecified atom stereocenters. The molecule has 3 aromatic heterocycles. The van der Waals surface area contributed by atoms with Crippen LogP contribution in [0.15, 0.2) is 61.2 Å². The van der Waals surface area contributed by atoms with Crippen molar-refractivity contribution < 1.29 is 13.5 Å². The highest BCUT2D eigenvalue weighted by atomic mass is 35.5. The van der Waals surface area contributed by atoms with Gasteiger partial charge in [-0.15, -0.1) is 0 Å². The van der Waals surface area contributed by atoms with E-state index >= 15 is 4.39 Å². The smallest absolute Gasteiger partial charge is 0.165 e. The number of hydrogen-bond acceptors (Lipinski definition) is 8. The van der Waals surface area contributed by atoms with Crippen LogP contribution < -0.4 is 21.1 Å². The zero-order valence-electron chi connectivity index (χ0n) is 22.2. The van der Waals surface area contributed by atoms with Crippen LogP contribution in [0.3, 0.4) is 0 Å². The van der Waals surface area contributed by atoms with Crippen molar-refractivity contribution in [2.75, 3.05) is 30.8 Å². The normalized spacial score (nSPS) is 17.2. The minimum Gasteiger partial charge on any atom is -0.494 e. The minimum absolute atomic E-state index is 0.119. The zero-order chi connectivity index (χ0) is 28.7. The summed E-state index contributed by atoms with van der Waals surface area (Å²) in [6, 6.07) is 13.2. The Morgan fingerprint density at radius 1 is 1.07 bits per heavy atom. The van der Waals surface area contributed by atoms with Gasteiger partial charge in [-0.1, -0.05) is 23.7 Å². The summed E-state index contributed by atoms with van der Waals surface area (Å²) in [7, 11) is 1.30. The molecule has 1 atom stereocenters. The maximum atomic E-state index is 15.1. The van der Waals surface area contributed by atoms with Gasteiger partial charge in [0.25, 0.3) is 0 Å². The molecule has 0 spiro atoms. The quantitative estimate of drug-likeness (QED) is 0.273. The maximum Gasteiger partial charge on any atom is 0.165 e. The number of halogens is 3. The molecule has 210 valence electrons. The summed E-state index contributed by atoms with van der Waals surface area (Å²) in [5.41, 5.74) is 16.3. The third kappa shape index (κ3) is 5.02. The highest BCUT2D eigenvalue weighted by Crippen LogP contribution is 2.37. The first-order valence-corrected chi connectivity index (χ1v) is 13.4. The molecule has 5 aromatic rings. The molecule has 1 aliphatic rings. The van der Waals surface area contributed by atoms with Crippen molar-refractivity contribution in [3.05, 3.63) is 89.2 Å². The van der Waals surface area contributed by atoms with E-state index in [-0.39, 0.29) is 17.1 Å². The van der Waals surface area contributed by atoms with Crippen LogP contribution in [0.25, 0.3) is 22.3 Å². The van der Waals surface area contributed by atoms with Crippen molar-refractivity contribution in [3.8, 4) is 16.9 Å². The molecule has 4 N–H and O–H groups in total. The molecule has 0 bridgehead atoms. The van der Waals surface area contributed by atoms with Crippen LogP contribution in [-0.2, 0) is 12.1 Å². The first-order chi connectivity index (χ1) is 19.8. The van der Waals surface area contributed by atoms with E-state index < -0.39 is 17.2 Å². The number of aromatic nitrogens is 5. The number of ether oxygens (including phenoxy) is 1. The predicted molar refractivity (Wildman–Crippen MR) is 154 cm³/mol. The zero-order valence-corrected chi connectivity index (χ0v) is 22.9. The summed E-state index contributed by atoms with van der Waals surface area (Å²) in [6.45, 7) is 1.56. The number of rotatable bonds is 6. The fourth-order valence-electron chi connectivity index (χ4n) is 5.48. The van der Waals surface area contributed by atoms with Gasteiger partial charge in [0.2, 0.25) is 0 Å². The second kappa shape index (κ2) is 10.6. The van der Waals surface area contributed by atoms with E-state index in [1.165, 1.54) is 13.4 Å². The number of nitrogens with zero attached hydrogens (tertiary/aromatic N) is 6. The highest BCUT2D eigenvalue weighted by molar-refractivity contribution is 6.29. The van der Waals surface area contributed by atoms with Gasteiger partial charge in [-0.2, -0.15) is 0 Å². The summed E-state index contributed by atoms with van der Waals surface area (Å²) >= 11 is 6.19. The van der Waals surface area contributed by atoms with Gasteiger partial charge >= 0.3 is 0 Å². The standard InChI is InChI=1S/C29H27ClF2N8O/c1-41-23-12-20(31)19(11-21(23)32)17-6-7-22(18(10-17)13-40-16-37-26-27(33)35-15-36-28(26)40)39-9-3-8-29(34,14-39)24-4-2-5-25(30)38-24/h2,4-7,10-12,15-16H,3,8-9,13-14,34H2,1H3,(H2,33,35,36)/t29-/m1/s1. The molecular formula is C29H27ClF2N8O. The lowest BCUT2D eigenvalue weighted by atomic mass is 9.85. The number of benzene rings is 2. The lowest BCUT2D eigenvalue weighted by Gasteiger charge is -2.42.